The van der Waals surface area contributed by atoms with Gasteiger partial charge in [-0.15, -0.1) is 0 Å². The Hall–Kier alpha value is -2.10. The number of hydrogen-bond acceptors (Lipinski definition) is 3. The molecule has 98 valence electrons. The van der Waals surface area contributed by atoms with Gasteiger partial charge >= 0.3 is 0 Å². The number of nitrogens with one attached hydrogen (secondary N) is 2. The fourth-order valence-electron chi connectivity index (χ4n) is 1.08. The molecule has 1 rings (SSSR count). The highest BCUT2D eigenvalue weighted by Crippen LogP contribution is 2.07. The van der Waals surface area contributed by atoms with Crippen LogP contribution in [0.2, 0.25) is 0 Å². The third kappa shape index (κ3) is 6.48. The van der Waals surface area contributed by atoms with Gasteiger partial charge < -0.3 is 10.6 Å². The lowest BCUT2D eigenvalue weighted by atomic mass is 10.3. The predicted octanol–water partition coefficient (Wildman–Crippen LogP) is 2.34. The summed E-state index contributed by atoms with van der Waals surface area (Å²) in [5.41, 5.74) is 1.52. The Morgan fingerprint density at radius 2 is 1.72 bits per heavy atom. The molecule has 1 amide bonds. The maximum absolute atomic E-state index is 11.0. The van der Waals surface area contributed by atoms with Crippen LogP contribution in [0.4, 0.5) is 5.69 Å². The van der Waals surface area contributed by atoms with Gasteiger partial charge in [0.05, 0.1) is 6.54 Å². The average molecular weight is 248 g/mol. The SMILES string of the molecule is C=C(CNC(=O)C(C)=O)Nc1ccccc1.CC. The molecule has 0 aromatic heterocycles. The zero-order valence-corrected chi connectivity index (χ0v) is 11.1. The van der Waals surface area contributed by atoms with E-state index in [9.17, 15) is 9.59 Å². The van der Waals surface area contributed by atoms with E-state index in [0.29, 0.717) is 5.70 Å². The van der Waals surface area contributed by atoms with Crippen LogP contribution in [-0.2, 0) is 9.59 Å². The van der Waals surface area contributed by atoms with E-state index >= 15 is 0 Å². The molecule has 0 aliphatic rings. The molecule has 4 nitrogen and oxygen atoms in total. The van der Waals surface area contributed by atoms with Crippen molar-refractivity contribution in [2.24, 2.45) is 0 Å². The second kappa shape index (κ2) is 8.98. The summed E-state index contributed by atoms with van der Waals surface area (Å²) in [6, 6.07) is 9.47. The number of anilines is 1. The third-order valence-electron chi connectivity index (χ3n) is 1.88. The summed E-state index contributed by atoms with van der Waals surface area (Å²) < 4.78 is 0. The largest absolute Gasteiger partial charge is 0.358 e. The van der Waals surface area contributed by atoms with Crippen molar-refractivity contribution >= 4 is 17.4 Å². The van der Waals surface area contributed by atoms with E-state index in [-0.39, 0.29) is 6.54 Å². The zero-order chi connectivity index (χ0) is 14.0. The molecule has 1 aromatic rings. The highest BCUT2D eigenvalue weighted by molar-refractivity contribution is 6.35. The van der Waals surface area contributed by atoms with E-state index in [1.165, 1.54) is 6.92 Å². The summed E-state index contributed by atoms with van der Waals surface area (Å²) in [4.78, 5) is 21.6. The minimum atomic E-state index is -0.601. The molecule has 2 N–H and O–H groups in total. The van der Waals surface area contributed by atoms with E-state index in [0.717, 1.165) is 5.69 Å². The number of hydrogen-bond donors (Lipinski definition) is 2. The van der Waals surface area contributed by atoms with Crippen LogP contribution in [0.3, 0.4) is 0 Å². The van der Waals surface area contributed by atoms with Crippen LogP contribution in [0, 0.1) is 0 Å². The first-order valence-corrected chi connectivity index (χ1v) is 5.88. The first-order chi connectivity index (χ1) is 8.59. The quantitative estimate of drug-likeness (QED) is 0.786. The van der Waals surface area contributed by atoms with Crippen molar-refractivity contribution in [1.82, 2.24) is 5.32 Å². The van der Waals surface area contributed by atoms with Crippen molar-refractivity contribution in [2.45, 2.75) is 20.8 Å². The van der Waals surface area contributed by atoms with Gasteiger partial charge in [0.2, 0.25) is 5.78 Å². The van der Waals surface area contributed by atoms with E-state index in [2.05, 4.69) is 17.2 Å². The molecule has 0 bridgehead atoms. The molecule has 0 radical (unpaired) electrons. The van der Waals surface area contributed by atoms with Crippen molar-refractivity contribution in [1.29, 1.82) is 0 Å². The lowest BCUT2D eigenvalue weighted by Gasteiger charge is -2.09. The predicted molar refractivity (Wildman–Crippen MR) is 74.2 cm³/mol. The Morgan fingerprint density at radius 1 is 1.17 bits per heavy atom. The topological polar surface area (TPSA) is 58.2 Å². The Balaban J connectivity index is 0.00000137. The summed E-state index contributed by atoms with van der Waals surface area (Å²) in [7, 11) is 0. The van der Waals surface area contributed by atoms with Crippen LogP contribution in [0.5, 0.6) is 0 Å². The molecule has 0 saturated heterocycles. The summed E-state index contributed by atoms with van der Waals surface area (Å²) >= 11 is 0. The molecule has 0 atom stereocenters. The number of para-hydroxylation sites is 1. The monoisotopic (exact) mass is 248 g/mol. The summed E-state index contributed by atoms with van der Waals surface area (Å²) in [6.45, 7) is 9.20. The fourth-order valence-corrected chi connectivity index (χ4v) is 1.08. The maximum Gasteiger partial charge on any atom is 0.287 e. The van der Waals surface area contributed by atoms with Gasteiger partial charge in [0.25, 0.3) is 5.91 Å². The van der Waals surface area contributed by atoms with Gasteiger partial charge in [-0.25, -0.2) is 0 Å². The van der Waals surface area contributed by atoms with E-state index in [1.807, 2.05) is 44.2 Å². The molecule has 0 aliphatic carbocycles. The molecule has 0 unspecified atom stereocenters. The van der Waals surface area contributed by atoms with Crippen LogP contribution < -0.4 is 10.6 Å². The molecule has 18 heavy (non-hydrogen) atoms. The molecule has 0 heterocycles. The van der Waals surface area contributed by atoms with E-state index in [4.69, 9.17) is 0 Å². The number of carbonyl (C=O) groups excluding carboxylic acids is 2. The molecule has 0 saturated carbocycles. The number of carbonyl (C=O) groups is 2. The van der Waals surface area contributed by atoms with Gasteiger partial charge in [0.1, 0.15) is 0 Å². The van der Waals surface area contributed by atoms with Crippen molar-refractivity contribution in [3.63, 3.8) is 0 Å². The lowest BCUT2D eigenvalue weighted by Crippen LogP contribution is -2.31. The standard InChI is InChI=1S/C12H14N2O2.C2H6/c1-9(8-13-12(16)10(2)15)14-11-6-4-3-5-7-11;1-2/h3-7,14H,1,8H2,2H3,(H,13,16);1-2H3. The average Bonchev–Trinajstić information content (AvgIpc) is 2.39. The van der Waals surface area contributed by atoms with E-state index < -0.39 is 11.7 Å². The van der Waals surface area contributed by atoms with Gasteiger partial charge in [0.15, 0.2) is 0 Å². The Bertz CT molecular complexity index is 400. The second-order valence-corrected chi connectivity index (χ2v) is 3.33. The van der Waals surface area contributed by atoms with Crippen LogP contribution in [0.25, 0.3) is 0 Å². The highest BCUT2D eigenvalue weighted by atomic mass is 16.2. The molecule has 0 aliphatic heterocycles. The van der Waals surface area contributed by atoms with Crippen LogP contribution in [0.1, 0.15) is 20.8 Å². The van der Waals surface area contributed by atoms with Crippen LogP contribution in [0.15, 0.2) is 42.6 Å². The minimum Gasteiger partial charge on any atom is -0.358 e. The normalized spacial score (nSPS) is 8.61. The first-order valence-electron chi connectivity index (χ1n) is 5.88. The smallest absolute Gasteiger partial charge is 0.287 e. The summed E-state index contributed by atoms with van der Waals surface area (Å²) in [5.74, 6) is -1.11. The number of rotatable bonds is 5. The minimum absolute atomic E-state index is 0.229. The number of amides is 1. The van der Waals surface area contributed by atoms with Crippen molar-refractivity contribution in [3.05, 3.63) is 42.6 Å². The second-order valence-electron chi connectivity index (χ2n) is 3.33. The first kappa shape index (κ1) is 15.9. The van der Waals surface area contributed by atoms with Crippen LogP contribution >= 0.6 is 0 Å². The molecule has 4 heteroatoms. The Labute approximate surface area is 108 Å². The van der Waals surface area contributed by atoms with Gasteiger partial charge in [-0.05, 0) is 12.1 Å². The Morgan fingerprint density at radius 3 is 2.22 bits per heavy atom. The Kier molecular flexibility index (Phi) is 7.94. The maximum atomic E-state index is 11.0. The summed E-state index contributed by atoms with van der Waals surface area (Å²) in [6.07, 6.45) is 0. The van der Waals surface area contributed by atoms with Gasteiger partial charge in [-0.1, -0.05) is 38.6 Å². The molecular formula is C14H20N2O2. The lowest BCUT2D eigenvalue weighted by molar-refractivity contribution is -0.136. The number of ketones is 1. The zero-order valence-electron chi connectivity index (χ0n) is 11.1. The van der Waals surface area contributed by atoms with Crippen molar-refractivity contribution in [2.75, 3.05) is 11.9 Å². The van der Waals surface area contributed by atoms with Gasteiger partial charge in [-0.3, -0.25) is 9.59 Å². The summed E-state index contributed by atoms with van der Waals surface area (Å²) in [5, 5.41) is 5.47. The number of benzene rings is 1. The molecule has 1 aromatic carbocycles. The number of Topliss-reactive ketones (excluding diaryl/α,β-unsaturated/α-hetero) is 1. The third-order valence-corrected chi connectivity index (χ3v) is 1.88. The fraction of sp³-hybridized carbons (Fsp3) is 0.286. The van der Waals surface area contributed by atoms with Crippen molar-refractivity contribution < 1.29 is 9.59 Å². The van der Waals surface area contributed by atoms with Crippen LogP contribution in [-0.4, -0.2) is 18.2 Å². The van der Waals surface area contributed by atoms with E-state index in [1.54, 1.807) is 0 Å². The highest BCUT2D eigenvalue weighted by Gasteiger charge is 2.06. The van der Waals surface area contributed by atoms with Crippen molar-refractivity contribution in [3.8, 4) is 0 Å². The van der Waals surface area contributed by atoms with Gasteiger partial charge in [0, 0.05) is 18.3 Å². The molecular weight excluding hydrogens is 228 g/mol. The molecule has 0 spiro atoms. The molecule has 0 fully saturated rings. The van der Waals surface area contributed by atoms with Gasteiger partial charge in [-0.2, -0.15) is 0 Å².